The van der Waals surface area contributed by atoms with E-state index < -0.39 is 0 Å². The van der Waals surface area contributed by atoms with E-state index in [4.69, 9.17) is 11.0 Å². The Morgan fingerprint density at radius 2 is 1.83 bits per heavy atom. The van der Waals surface area contributed by atoms with Crippen molar-refractivity contribution in [2.45, 2.75) is 6.54 Å². The number of nitrogens with one attached hydrogen (secondary N) is 1. The fourth-order valence-electron chi connectivity index (χ4n) is 1.64. The summed E-state index contributed by atoms with van der Waals surface area (Å²) in [6.07, 6.45) is 0. The van der Waals surface area contributed by atoms with Gasteiger partial charge in [-0.3, -0.25) is 0 Å². The third kappa shape index (κ3) is 2.84. The molecule has 0 aliphatic carbocycles. The van der Waals surface area contributed by atoms with Gasteiger partial charge in [0.25, 0.3) is 0 Å². The molecule has 0 heterocycles. The summed E-state index contributed by atoms with van der Waals surface area (Å²) in [5, 5.41) is 11.8. The van der Waals surface area contributed by atoms with Crippen LogP contribution in [0.1, 0.15) is 11.1 Å². The number of hydrogen-bond donors (Lipinski definition) is 2. The Morgan fingerprint density at radius 1 is 1.11 bits per heavy atom. The second kappa shape index (κ2) is 5.30. The van der Waals surface area contributed by atoms with E-state index in [9.17, 15) is 4.39 Å². The largest absolute Gasteiger partial charge is 0.355 e. The fraction of sp³-hybridized carbons (Fsp3) is 0.0714. The first-order chi connectivity index (χ1) is 8.71. The van der Waals surface area contributed by atoms with Crippen LogP contribution < -0.4 is 11.1 Å². The van der Waals surface area contributed by atoms with Gasteiger partial charge in [0.15, 0.2) is 0 Å². The van der Waals surface area contributed by atoms with Gasteiger partial charge in [-0.05, 0) is 48.0 Å². The van der Waals surface area contributed by atoms with Gasteiger partial charge in [0.2, 0.25) is 0 Å². The lowest BCUT2D eigenvalue weighted by molar-refractivity contribution is 0.626. The number of halogens is 1. The van der Waals surface area contributed by atoms with Gasteiger partial charge in [-0.25, -0.2) is 4.39 Å². The molecule has 0 amide bonds. The minimum absolute atomic E-state index is 0.291. The molecule has 3 nitrogen and oxygen atoms in total. The highest BCUT2D eigenvalue weighted by molar-refractivity contribution is 5.61. The zero-order valence-corrected chi connectivity index (χ0v) is 9.65. The standard InChI is InChI=1S/C14H12FN3/c15-12-5-11(9-17)6-14(7-12)18-13-3-1-10(8-16)2-4-13/h1-7,18H,9,17H2. The SMILES string of the molecule is N#Cc1ccc(Nc2cc(F)cc(CN)c2)cc1. The zero-order chi connectivity index (χ0) is 13.0. The Hall–Kier alpha value is -2.38. The number of nitriles is 1. The van der Waals surface area contributed by atoms with E-state index in [1.165, 1.54) is 12.1 Å². The normalized spacial score (nSPS) is 9.83. The minimum Gasteiger partial charge on any atom is -0.355 e. The van der Waals surface area contributed by atoms with Gasteiger partial charge in [0, 0.05) is 17.9 Å². The molecule has 90 valence electrons. The van der Waals surface area contributed by atoms with Crippen LogP contribution in [0, 0.1) is 17.1 Å². The van der Waals surface area contributed by atoms with E-state index in [0.29, 0.717) is 17.8 Å². The summed E-state index contributed by atoms with van der Waals surface area (Å²) in [5.41, 5.74) is 8.23. The minimum atomic E-state index is -0.325. The molecule has 0 spiro atoms. The lowest BCUT2D eigenvalue weighted by atomic mass is 10.1. The van der Waals surface area contributed by atoms with Gasteiger partial charge in [-0.2, -0.15) is 5.26 Å². The van der Waals surface area contributed by atoms with Gasteiger partial charge < -0.3 is 11.1 Å². The maximum absolute atomic E-state index is 13.3. The van der Waals surface area contributed by atoms with Crippen LogP contribution in [0.5, 0.6) is 0 Å². The Morgan fingerprint density at radius 3 is 2.44 bits per heavy atom. The molecule has 0 aliphatic rings. The summed E-state index contributed by atoms with van der Waals surface area (Å²) in [6.45, 7) is 0.291. The topological polar surface area (TPSA) is 61.8 Å². The summed E-state index contributed by atoms with van der Waals surface area (Å²) >= 11 is 0. The molecule has 0 aromatic heterocycles. The van der Waals surface area contributed by atoms with Crippen LogP contribution in [0.3, 0.4) is 0 Å². The average Bonchev–Trinajstić information content (AvgIpc) is 2.39. The molecule has 0 saturated heterocycles. The monoisotopic (exact) mass is 241 g/mol. The molecule has 2 aromatic rings. The highest BCUT2D eigenvalue weighted by atomic mass is 19.1. The quantitative estimate of drug-likeness (QED) is 0.868. The van der Waals surface area contributed by atoms with Gasteiger partial charge in [-0.1, -0.05) is 0 Å². The number of nitrogens with two attached hydrogens (primary N) is 1. The summed E-state index contributed by atoms with van der Waals surface area (Å²) in [4.78, 5) is 0. The van der Waals surface area contributed by atoms with E-state index in [1.807, 2.05) is 6.07 Å². The van der Waals surface area contributed by atoms with Gasteiger partial charge in [0.05, 0.1) is 11.6 Å². The molecule has 0 atom stereocenters. The van der Waals surface area contributed by atoms with Crippen molar-refractivity contribution in [2.24, 2.45) is 5.73 Å². The summed E-state index contributed by atoms with van der Waals surface area (Å²) in [6, 6.07) is 13.6. The third-order valence-electron chi connectivity index (χ3n) is 2.50. The van der Waals surface area contributed by atoms with Crippen LogP contribution in [0.2, 0.25) is 0 Å². The molecule has 0 aliphatic heterocycles. The molecule has 18 heavy (non-hydrogen) atoms. The molecule has 3 N–H and O–H groups in total. The van der Waals surface area contributed by atoms with E-state index in [2.05, 4.69) is 5.32 Å². The van der Waals surface area contributed by atoms with Crippen molar-refractivity contribution in [3.63, 3.8) is 0 Å². The Bertz CT molecular complexity index is 585. The molecular formula is C14H12FN3. The average molecular weight is 241 g/mol. The molecule has 0 radical (unpaired) electrons. The maximum atomic E-state index is 13.3. The number of anilines is 2. The summed E-state index contributed by atoms with van der Waals surface area (Å²) in [7, 11) is 0. The number of benzene rings is 2. The second-order valence-electron chi connectivity index (χ2n) is 3.87. The van der Waals surface area contributed by atoms with Crippen molar-refractivity contribution in [3.8, 4) is 6.07 Å². The maximum Gasteiger partial charge on any atom is 0.125 e. The van der Waals surface area contributed by atoms with Gasteiger partial charge in [-0.15, -0.1) is 0 Å². The Labute approximate surface area is 105 Å². The van der Waals surface area contributed by atoms with Crippen LogP contribution >= 0.6 is 0 Å². The Balaban J connectivity index is 2.22. The van der Waals surface area contributed by atoms with Crippen LogP contribution in [0.15, 0.2) is 42.5 Å². The number of nitrogens with zero attached hydrogens (tertiary/aromatic N) is 1. The molecule has 0 bridgehead atoms. The van der Waals surface area contributed by atoms with Crippen molar-refractivity contribution in [2.75, 3.05) is 5.32 Å². The third-order valence-corrected chi connectivity index (χ3v) is 2.50. The zero-order valence-electron chi connectivity index (χ0n) is 9.65. The molecule has 2 aromatic carbocycles. The van der Waals surface area contributed by atoms with Crippen LogP contribution in [-0.2, 0) is 6.54 Å². The highest BCUT2D eigenvalue weighted by Crippen LogP contribution is 2.19. The Kier molecular flexibility index (Phi) is 3.56. The first-order valence-corrected chi connectivity index (χ1v) is 5.48. The lowest BCUT2D eigenvalue weighted by Gasteiger charge is -2.08. The van der Waals surface area contributed by atoms with Crippen LogP contribution in [0.25, 0.3) is 0 Å². The van der Waals surface area contributed by atoms with Crippen molar-refractivity contribution in [1.29, 1.82) is 5.26 Å². The van der Waals surface area contributed by atoms with E-state index in [-0.39, 0.29) is 5.82 Å². The first kappa shape index (κ1) is 12.1. The highest BCUT2D eigenvalue weighted by Gasteiger charge is 2.00. The van der Waals surface area contributed by atoms with Crippen molar-refractivity contribution in [3.05, 3.63) is 59.4 Å². The number of rotatable bonds is 3. The molecule has 0 unspecified atom stereocenters. The van der Waals surface area contributed by atoms with Gasteiger partial charge >= 0.3 is 0 Å². The molecule has 0 fully saturated rings. The molecule has 0 saturated carbocycles. The predicted octanol–water partition coefficient (Wildman–Crippen LogP) is 2.90. The first-order valence-electron chi connectivity index (χ1n) is 5.48. The van der Waals surface area contributed by atoms with Crippen molar-refractivity contribution in [1.82, 2.24) is 0 Å². The van der Waals surface area contributed by atoms with Crippen molar-refractivity contribution < 1.29 is 4.39 Å². The van der Waals surface area contributed by atoms with E-state index >= 15 is 0 Å². The summed E-state index contributed by atoms with van der Waals surface area (Å²) < 4.78 is 13.3. The predicted molar refractivity (Wildman–Crippen MR) is 68.7 cm³/mol. The molecule has 4 heteroatoms. The second-order valence-corrected chi connectivity index (χ2v) is 3.87. The number of hydrogen-bond acceptors (Lipinski definition) is 3. The van der Waals surface area contributed by atoms with Crippen LogP contribution in [-0.4, -0.2) is 0 Å². The van der Waals surface area contributed by atoms with Crippen LogP contribution in [0.4, 0.5) is 15.8 Å². The van der Waals surface area contributed by atoms with E-state index in [1.54, 1.807) is 30.3 Å². The smallest absolute Gasteiger partial charge is 0.125 e. The van der Waals surface area contributed by atoms with Crippen molar-refractivity contribution >= 4 is 11.4 Å². The fourth-order valence-corrected chi connectivity index (χ4v) is 1.64. The van der Waals surface area contributed by atoms with E-state index in [0.717, 1.165) is 11.3 Å². The summed E-state index contributed by atoms with van der Waals surface area (Å²) in [5.74, 6) is -0.325. The van der Waals surface area contributed by atoms with Gasteiger partial charge in [0.1, 0.15) is 5.82 Å². The lowest BCUT2D eigenvalue weighted by Crippen LogP contribution is -1.99. The molecular weight excluding hydrogens is 229 g/mol. The molecule has 2 rings (SSSR count).